The third-order valence-electron chi connectivity index (χ3n) is 3.85. The van der Waals surface area contributed by atoms with E-state index in [1.165, 1.54) is 0 Å². The molecule has 0 bridgehead atoms. The van der Waals surface area contributed by atoms with Crippen LogP contribution in [0.1, 0.15) is 24.1 Å². The third-order valence-corrected chi connectivity index (χ3v) is 3.85. The number of aryl methyl sites for hydroxylation is 1. The van der Waals surface area contributed by atoms with Crippen molar-refractivity contribution in [2.24, 2.45) is 7.05 Å². The first kappa shape index (κ1) is 15.2. The molecule has 1 atom stereocenters. The van der Waals surface area contributed by atoms with Gasteiger partial charge in [-0.2, -0.15) is 0 Å². The van der Waals surface area contributed by atoms with Crippen molar-refractivity contribution in [1.29, 1.82) is 0 Å². The van der Waals surface area contributed by atoms with Crippen LogP contribution in [0.5, 0.6) is 0 Å². The molecule has 0 amide bonds. The molecule has 1 unspecified atom stereocenters. The summed E-state index contributed by atoms with van der Waals surface area (Å²) in [6.45, 7) is 2.16. The summed E-state index contributed by atoms with van der Waals surface area (Å²) < 4.78 is 1.90. The second kappa shape index (κ2) is 6.62. The maximum Gasteiger partial charge on any atom is 0.163 e. The van der Waals surface area contributed by atoms with Crippen molar-refractivity contribution in [3.8, 4) is 11.4 Å². The van der Waals surface area contributed by atoms with E-state index in [2.05, 4.69) is 34.6 Å². The lowest BCUT2D eigenvalue weighted by Crippen LogP contribution is -2.07. The minimum Gasteiger partial charge on any atom is -0.392 e. The Hall–Kier alpha value is -2.66. The second-order valence-electron chi connectivity index (χ2n) is 5.62. The maximum atomic E-state index is 9.27. The van der Waals surface area contributed by atoms with Gasteiger partial charge in [-0.1, -0.05) is 36.4 Å². The van der Waals surface area contributed by atoms with Gasteiger partial charge in [0.25, 0.3) is 0 Å². The topological polar surface area (TPSA) is 63.0 Å². The summed E-state index contributed by atoms with van der Waals surface area (Å²) in [5.41, 5.74) is 4.10. The standard InChI is InChI=1S/C18H20N4O/c1-13(15-6-3-5-14(9-15)11-23)20-17-8-4-7-16(10-17)18-21-19-12-22(18)2/h3-10,12-13,20,23H,11H2,1-2H3. The van der Waals surface area contributed by atoms with Gasteiger partial charge in [0.05, 0.1) is 6.61 Å². The largest absolute Gasteiger partial charge is 0.392 e. The molecule has 3 rings (SSSR count). The molecule has 0 aliphatic rings. The molecular weight excluding hydrogens is 288 g/mol. The normalized spacial score (nSPS) is 12.1. The summed E-state index contributed by atoms with van der Waals surface area (Å²) in [4.78, 5) is 0. The van der Waals surface area contributed by atoms with Gasteiger partial charge in [0.1, 0.15) is 6.33 Å². The van der Waals surface area contributed by atoms with Gasteiger partial charge in [-0.25, -0.2) is 0 Å². The highest BCUT2D eigenvalue weighted by molar-refractivity contribution is 5.62. The predicted octanol–water partition coefficient (Wildman–Crippen LogP) is 3.15. The minimum atomic E-state index is 0.0577. The van der Waals surface area contributed by atoms with Gasteiger partial charge in [-0.15, -0.1) is 10.2 Å². The molecule has 5 heteroatoms. The molecule has 0 radical (unpaired) electrons. The van der Waals surface area contributed by atoms with E-state index in [-0.39, 0.29) is 12.6 Å². The Kier molecular flexibility index (Phi) is 4.39. The number of aliphatic hydroxyl groups excluding tert-OH is 1. The lowest BCUT2D eigenvalue weighted by Gasteiger charge is -2.17. The molecule has 0 aliphatic heterocycles. The van der Waals surface area contributed by atoms with Crippen LogP contribution >= 0.6 is 0 Å². The van der Waals surface area contributed by atoms with Crippen molar-refractivity contribution < 1.29 is 5.11 Å². The van der Waals surface area contributed by atoms with Crippen LogP contribution in [0.3, 0.4) is 0 Å². The van der Waals surface area contributed by atoms with E-state index in [0.717, 1.165) is 28.2 Å². The average molecular weight is 308 g/mol. The second-order valence-corrected chi connectivity index (χ2v) is 5.62. The Morgan fingerprint density at radius 1 is 1.17 bits per heavy atom. The fourth-order valence-electron chi connectivity index (χ4n) is 2.59. The molecule has 3 aromatic rings. The first-order valence-corrected chi connectivity index (χ1v) is 7.58. The highest BCUT2D eigenvalue weighted by Gasteiger charge is 2.09. The molecule has 0 aliphatic carbocycles. The minimum absolute atomic E-state index is 0.0577. The summed E-state index contributed by atoms with van der Waals surface area (Å²) in [6, 6.07) is 16.2. The van der Waals surface area contributed by atoms with Crippen LogP contribution in [-0.2, 0) is 13.7 Å². The molecule has 0 spiro atoms. The van der Waals surface area contributed by atoms with E-state index in [4.69, 9.17) is 0 Å². The van der Waals surface area contributed by atoms with Crippen LogP contribution in [0.15, 0.2) is 54.9 Å². The lowest BCUT2D eigenvalue weighted by molar-refractivity contribution is 0.281. The van der Waals surface area contributed by atoms with Crippen molar-refractivity contribution >= 4 is 5.69 Å². The zero-order valence-corrected chi connectivity index (χ0v) is 13.3. The van der Waals surface area contributed by atoms with Crippen LogP contribution in [0.25, 0.3) is 11.4 Å². The first-order valence-electron chi connectivity index (χ1n) is 7.58. The van der Waals surface area contributed by atoms with Crippen molar-refractivity contribution in [2.75, 3.05) is 5.32 Å². The van der Waals surface area contributed by atoms with E-state index in [1.807, 2.05) is 48.0 Å². The molecule has 0 saturated heterocycles. The Balaban J connectivity index is 1.81. The Morgan fingerprint density at radius 2 is 2.00 bits per heavy atom. The van der Waals surface area contributed by atoms with E-state index in [1.54, 1.807) is 6.33 Å². The molecule has 1 aromatic heterocycles. The number of aromatic nitrogens is 3. The van der Waals surface area contributed by atoms with Gasteiger partial charge in [0.2, 0.25) is 0 Å². The summed E-state index contributed by atoms with van der Waals surface area (Å²) in [5, 5.41) is 20.8. The zero-order valence-electron chi connectivity index (χ0n) is 13.3. The summed E-state index contributed by atoms with van der Waals surface area (Å²) >= 11 is 0. The molecule has 2 N–H and O–H groups in total. The van der Waals surface area contributed by atoms with Crippen LogP contribution < -0.4 is 5.32 Å². The van der Waals surface area contributed by atoms with Crippen LogP contribution in [-0.4, -0.2) is 19.9 Å². The zero-order chi connectivity index (χ0) is 16.2. The van der Waals surface area contributed by atoms with Crippen molar-refractivity contribution in [1.82, 2.24) is 14.8 Å². The van der Waals surface area contributed by atoms with Crippen molar-refractivity contribution in [2.45, 2.75) is 19.6 Å². The number of nitrogens with one attached hydrogen (secondary N) is 1. The van der Waals surface area contributed by atoms with E-state index in [0.29, 0.717) is 0 Å². The van der Waals surface area contributed by atoms with Crippen LogP contribution in [0.2, 0.25) is 0 Å². The Bertz CT molecular complexity index is 797. The number of aliphatic hydroxyl groups is 1. The molecule has 118 valence electrons. The highest BCUT2D eigenvalue weighted by atomic mass is 16.3. The molecule has 1 heterocycles. The number of hydrogen-bond donors (Lipinski definition) is 2. The number of rotatable bonds is 5. The number of benzene rings is 2. The quantitative estimate of drug-likeness (QED) is 0.760. The molecule has 2 aromatic carbocycles. The number of hydrogen-bond acceptors (Lipinski definition) is 4. The van der Waals surface area contributed by atoms with Crippen molar-refractivity contribution in [3.05, 3.63) is 66.0 Å². The van der Waals surface area contributed by atoms with Gasteiger partial charge in [-0.05, 0) is 30.2 Å². The van der Waals surface area contributed by atoms with Gasteiger partial charge in [-0.3, -0.25) is 0 Å². The lowest BCUT2D eigenvalue weighted by atomic mass is 10.0. The fourth-order valence-corrected chi connectivity index (χ4v) is 2.59. The van der Waals surface area contributed by atoms with Crippen LogP contribution in [0, 0.1) is 0 Å². The van der Waals surface area contributed by atoms with Gasteiger partial charge >= 0.3 is 0 Å². The van der Waals surface area contributed by atoms with E-state index >= 15 is 0 Å². The average Bonchev–Trinajstić information content (AvgIpc) is 3.01. The Morgan fingerprint density at radius 3 is 2.74 bits per heavy atom. The molecular formula is C18H20N4O. The smallest absolute Gasteiger partial charge is 0.163 e. The van der Waals surface area contributed by atoms with Crippen molar-refractivity contribution in [3.63, 3.8) is 0 Å². The van der Waals surface area contributed by atoms with Crippen LogP contribution in [0.4, 0.5) is 5.69 Å². The fraction of sp³-hybridized carbons (Fsp3) is 0.222. The van der Waals surface area contributed by atoms with E-state index < -0.39 is 0 Å². The SMILES string of the molecule is CC(Nc1cccc(-c2nncn2C)c1)c1cccc(CO)c1. The Labute approximate surface area is 135 Å². The summed E-state index contributed by atoms with van der Waals surface area (Å²) in [5.74, 6) is 0.837. The first-order chi connectivity index (χ1) is 11.2. The summed E-state index contributed by atoms with van der Waals surface area (Å²) in [6.07, 6.45) is 1.69. The molecule has 23 heavy (non-hydrogen) atoms. The van der Waals surface area contributed by atoms with Gasteiger partial charge in [0.15, 0.2) is 5.82 Å². The number of nitrogens with zero attached hydrogens (tertiary/aromatic N) is 3. The van der Waals surface area contributed by atoms with Gasteiger partial charge < -0.3 is 15.0 Å². The third kappa shape index (κ3) is 3.40. The summed E-state index contributed by atoms with van der Waals surface area (Å²) in [7, 11) is 1.93. The molecule has 0 saturated carbocycles. The maximum absolute atomic E-state index is 9.27. The number of anilines is 1. The molecule has 5 nitrogen and oxygen atoms in total. The molecule has 0 fully saturated rings. The van der Waals surface area contributed by atoms with E-state index in [9.17, 15) is 5.11 Å². The predicted molar refractivity (Wildman–Crippen MR) is 90.8 cm³/mol. The monoisotopic (exact) mass is 308 g/mol. The van der Waals surface area contributed by atoms with Gasteiger partial charge in [0, 0.05) is 24.3 Å². The highest BCUT2D eigenvalue weighted by Crippen LogP contribution is 2.24.